The van der Waals surface area contributed by atoms with Crippen LogP contribution in [0.25, 0.3) is 38.9 Å². The van der Waals surface area contributed by atoms with Crippen LogP contribution in [0.2, 0.25) is 0 Å². The lowest BCUT2D eigenvalue weighted by Gasteiger charge is -2.07. The zero-order valence-electron chi connectivity index (χ0n) is 14.3. The smallest absolute Gasteiger partial charge is 0.227 e. The van der Waals surface area contributed by atoms with Gasteiger partial charge in [0.1, 0.15) is 10.9 Å². The van der Waals surface area contributed by atoms with Crippen molar-refractivity contribution in [2.75, 3.05) is 0 Å². The molecule has 0 saturated heterocycles. The Labute approximate surface area is 148 Å². The summed E-state index contributed by atoms with van der Waals surface area (Å²) in [5, 5.41) is 8.90. The highest BCUT2D eigenvalue weighted by molar-refractivity contribution is 6.05. The third-order valence-electron chi connectivity index (χ3n) is 4.44. The second-order valence-corrected chi connectivity index (χ2v) is 6.32. The topological polar surface area (TPSA) is 80.6 Å². The lowest BCUT2D eigenvalue weighted by Crippen LogP contribution is -2.04. The Morgan fingerprint density at radius 1 is 0.885 bits per heavy atom. The van der Waals surface area contributed by atoms with Crippen molar-refractivity contribution < 1.29 is 4.42 Å². The van der Waals surface area contributed by atoms with Gasteiger partial charge >= 0.3 is 0 Å². The molecule has 0 aliphatic rings. The van der Waals surface area contributed by atoms with E-state index in [1.54, 1.807) is 6.92 Å². The van der Waals surface area contributed by atoms with Gasteiger partial charge in [-0.2, -0.15) is 4.98 Å². The van der Waals surface area contributed by atoms with Crippen LogP contribution in [-0.2, 0) is 0 Å². The van der Waals surface area contributed by atoms with Crippen molar-refractivity contribution >= 4 is 33.2 Å². The minimum Gasteiger partial charge on any atom is -0.425 e. The van der Waals surface area contributed by atoms with E-state index in [0.29, 0.717) is 28.1 Å². The number of hydrogen-bond acceptors (Lipinski definition) is 5. The van der Waals surface area contributed by atoms with Gasteiger partial charge in [0, 0.05) is 12.6 Å². The Kier molecular flexibility index (Phi) is 2.97. The maximum atomic E-state index is 8.32. The number of benzene rings is 2. The summed E-state index contributed by atoms with van der Waals surface area (Å²) in [6.45, 7) is 3.79. The lowest BCUT2D eigenvalue weighted by atomic mass is 10.2. The van der Waals surface area contributed by atoms with E-state index in [-0.39, 0.29) is 5.55 Å². The quantitative estimate of drug-likeness (QED) is 0.503. The SMILES string of the molecule is Cc1cccc(-n2c3nc4ccccc4nc3c3c(=N)oc(C)nc32)c1. The normalized spacial score (nSPS) is 11.6. The Balaban J connectivity index is 2.07. The van der Waals surface area contributed by atoms with Gasteiger partial charge in [-0.05, 0) is 36.8 Å². The molecule has 6 heteroatoms. The second kappa shape index (κ2) is 5.23. The highest BCUT2D eigenvalue weighted by atomic mass is 16.3. The van der Waals surface area contributed by atoms with Crippen LogP contribution in [0.5, 0.6) is 0 Å². The summed E-state index contributed by atoms with van der Waals surface area (Å²) in [5.74, 6) is 0.434. The molecule has 0 fully saturated rings. The number of para-hydroxylation sites is 2. The first-order valence-corrected chi connectivity index (χ1v) is 8.32. The Morgan fingerprint density at radius 2 is 1.65 bits per heavy atom. The van der Waals surface area contributed by atoms with Crippen molar-refractivity contribution in [2.45, 2.75) is 13.8 Å². The molecule has 0 aliphatic carbocycles. The zero-order chi connectivity index (χ0) is 17.8. The number of nitrogens with one attached hydrogen (secondary N) is 1. The van der Waals surface area contributed by atoms with E-state index in [1.165, 1.54) is 0 Å². The number of hydrogen-bond donors (Lipinski definition) is 1. The number of rotatable bonds is 1. The molecule has 0 spiro atoms. The fourth-order valence-corrected chi connectivity index (χ4v) is 3.33. The van der Waals surface area contributed by atoms with E-state index in [0.717, 1.165) is 22.3 Å². The number of fused-ring (bicyclic) bond motifs is 4. The summed E-state index contributed by atoms with van der Waals surface area (Å²) >= 11 is 0. The van der Waals surface area contributed by atoms with Crippen LogP contribution >= 0.6 is 0 Å². The first-order chi connectivity index (χ1) is 12.6. The molecule has 0 amide bonds. The highest BCUT2D eigenvalue weighted by Crippen LogP contribution is 2.28. The fraction of sp³-hybridized carbons (Fsp3) is 0.100. The minimum atomic E-state index is 0.0495. The Hall–Kier alpha value is -3.54. The van der Waals surface area contributed by atoms with Crippen LogP contribution in [0.4, 0.5) is 0 Å². The molecule has 2 aromatic carbocycles. The average Bonchev–Trinajstić information content (AvgIpc) is 2.92. The van der Waals surface area contributed by atoms with E-state index in [2.05, 4.69) is 11.1 Å². The molecule has 1 N–H and O–H groups in total. The van der Waals surface area contributed by atoms with Crippen LogP contribution < -0.4 is 5.55 Å². The maximum Gasteiger partial charge on any atom is 0.227 e. The van der Waals surface area contributed by atoms with Gasteiger partial charge in [-0.1, -0.05) is 24.3 Å². The van der Waals surface area contributed by atoms with Crippen LogP contribution in [0, 0.1) is 19.3 Å². The molecule has 0 aliphatic heterocycles. The number of aromatic nitrogens is 4. The van der Waals surface area contributed by atoms with Crippen molar-refractivity contribution in [3.8, 4) is 5.69 Å². The monoisotopic (exact) mass is 341 g/mol. The highest BCUT2D eigenvalue weighted by Gasteiger charge is 2.19. The molecular weight excluding hydrogens is 326 g/mol. The second-order valence-electron chi connectivity index (χ2n) is 6.32. The third kappa shape index (κ3) is 2.05. The summed E-state index contributed by atoms with van der Waals surface area (Å²) in [4.78, 5) is 14.2. The lowest BCUT2D eigenvalue weighted by molar-refractivity contribution is 0.447. The van der Waals surface area contributed by atoms with Crippen molar-refractivity contribution in [1.29, 1.82) is 5.41 Å². The molecule has 0 bridgehead atoms. The van der Waals surface area contributed by atoms with Gasteiger partial charge in [-0.15, -0.1) is 0 Å². The van der Waals surface area contributed by atoms with Crippen molar-refractivity contribution in [1.82, 2.24) is 19.5 Å². The largest absolute Gasteiger partial charge is 0.425 e. The van der Waals surface area contributed by atoms with Crippen LogP contribution in [-0.4, -0.2) is 19.5 Å². The van der Waals surface area contributed by atoms with Crippen LogP contribution in [0.3, 0.4) is 0 Å². The Morgan fingerprint density at radius 3 is 2.42 bits per heavy atom. The van der Waals surface area contributed by atoms with Gasteiger partial charge in [-0.3, -0.25) is 9.98 Å². The van der Waals surface area contributed by atoms with Gasteiger partial charge in [-0.25, -0.2) is 9.97 Å². The van der Waals surface area contributed by atoms with E-state index in [1.807, 2.05) is 54.0 Å². The number of aryl methyl sites for hydroxylation is 2. The van der Waals surface area contributed by atoms with E-state index >= 15 is 0 Å². The molecule has 0 unspecified atom stereocenters. The predicted molar refractivity (Wildman–Crippen MR) is 99.3 cm³/mol. The maximum absolute atomic E-state index is 8.32. The molecule has 3 aromatic heterocycles. The summed E-state index contributed by atoms with van der Waals surface area (Å²) in [7, 11) is 0. The minimum absolute atomic E-state index is 0.0495. The summed E-state index contributed by atoms with van der Waals surface area (Å²) in [6.07, 6.45) is 0. The molecular formula is C20H15N5O. The van der Waals surface area contributed by atoms with Crippen LogP contribution in [0.1, 0.15) is 11.5 Å². The molecule has 0 saturated carbocycles. The zero-order valence-corrected chi connectivity index (χ0v) is 14.3. The van der Waals surface area contributed by atoms with Gasteiger partial charge < -0.3 is 4.42 Å². The van der Waals surface area contributed by atoms with Crippen LogP contribution in [0.15, 0.2) is 52.9 Å². The van der Waals surface area contributed by atoms with Crippen molar-refractivity contribution in [3.63, 3.8) is 0 Å². The molecule has 3 heterocycles. The molecule has 0 atom stereocenters. The van der Waals surface area contributed by atoms with Gasteiger partial charge in [0.15, 0.2) is 17.2 Å². The van der Waals surface area contributed by atoms with Gasteiger partial charge in [0.25, 0.3) is 0 Å². The summed E-state index contributed by atoms with van der Waals surface area (Å²) in [5.41, 5.74) is 5.64. The van der Waals surface area contributed by atoms with Gasteiger partial charge in [0.2, 0.25) is 5.55 Å². The standard InChI is InChI=1S/C20H15N5O/c1-11-6-5-7-13(10-11)25-19-16(18(21)26-12(2)22-19)17-20(25)24-15-9-4-3-8-14(15)23-17/h3-10,21H,1-2H3. The molecule has 26 heavy (non-hydrogen) atoms. The van der Waals surface area contributed by atoms with Gasteiger partial charge in [0.05, 0.1) is 11.0 Å². The van der Waals surface area contributed by atoms with Crippen molar-refractivity contribution in [3.05, 3.63) is 65.5 Å². The van der Waals surface area contributed by atoms with Crippen molar-refractivity contribution in [2.24, 2.45) is 0 Å². The first-order valence-electron chi connectivity index (χ1n) is 8.32. The average molecular weight is 341 g/mol. The fourth-order valence-electron chi connectivity index (χ4n) is 3.33. The molecule has 5 aromatic rings. The number of nitrogens with zero attached hydrogens (tertiary/aromatic N) is 4. The van der Waals surface area contributed by atoms with E-state index < -0.39 is 0 Å². The molecule has 5 rings (SSSR count). The molecule has 126 valence electrons. The summed E-state index contributed by atoms with van der Waals surface area (Å²) < 4.78 is 7.41. The third-order valence-corrected chi connectivity index (χ3v) is 4.44. The Bertz CT molecular complexity index is 1380. The van der Waals surface area contributed by atoms with E-state index in [4.69, 9.17) is 19.8 Å². The first kappa shape index (κ1) is 14.8. The molecule has 0 radical (unpaired) electrons. The molecule has 6 nitrogen and oxygen atoms in total. The summed E-state index contributed by atoms with van der Waals surface area (Å²) in [6, 6.07) is 15.8. The predicted octanol–water partition coefficient (Wildman–Crippen LogP) is 3.81. The van der Waals surface area contributed by atoms with E-state index in [9.17, 15) is 0 Å².